The summed E-state index contributed by atoms with van der Waals surface area (Å²) in [7, 11) is 0.620. The SMILES string of the molecule is CN(Cc1ccc(Cl)cn1)C(O)(c1ccc(Cl)cc1)c1c(F)cc(C(=O)C2CCS(=O)CC2)cc1C=O. The second kappa shape index (κ2) is 11.5. The number of nitrogens with zero attached hydrogens (tertiary/aromatic N) is 2. The van der Waals surface area contributed by atoms with Crippen molar-refractivity contribution in [2.45, 2.75) is 25.1 Å². The Morgan fingerprint density at radius 2 is 1.81 bits per heavy atom. The monoisotopic (exact) mass is 562 g/mol. The highest BCUT2D eigenvalue weighted by Gasteiger charge is 2.41. The topological polar surface area (TPSA) is 87.6 Å². The number of benzene rings is 2. The lowest BCUT2D eigenvalue weighted by Crippen LogP contribution is -2.46. The summed E-state index contributed by atoms with van der Waals surface area (Å²) in [6, 6.07) is 11.9. The van der Waals surface area contributed by atoms with Gasteiger partial charge in [0.15, 0.2) is 17.8 Å². The largest absolute Gasteiger partial charge is 0.367 e. The number of halogens is 3. The van der Waals surface area contributed by atoms with Crippen molar-refractivity contribution < 1.29 is 23.3 Å². The summed E-state index contributed by atoms with van der Waals surface area (Å²) in [6.45, 7) is 0.0773. The molecule has 37 heavy (non-hydrogen) atoms. The van der Waals surface area contributed by atoms with Crippen LogP contribution in [0.5, 0.6) is 0 Å². The van der Waals surface area contributed by atoms with Gasteiger partial charge in [-0.3, -0.25) is 23.7 Å². The van der Waals surface area contributed by atoms with Crippen molar-refractivity contribution in [3.8, 4) is 0 Å². The Morgan fingerprint density at radius 1 is 1.16 bits per heavy atom. The fraction of sp³-hybridized carbons (Fsp3) is 0.296. The Kier molecular flexibility index (Phi) is 8.56. The number of ketones is 1. The zero-order valence-corrected chi connectivity index (χ0v) is 22.3. The van der Waals surface area contributed by atoms with Gasteiger partial charge in [0.2, 0.25) is 0 Å². The van der Waals surface area contributed by atoms with Crippen LogP contribution in [0.25, 0.3) is 0 Å². The molecule has 1 aromatic heterocycles. The zero-order chi connectivity index (χ0) is 26.7. The number of pyridine rings is 1. The lowest BCUT2D eigenvalue weighted by Gasteiger charge is -2.39. The molecule has 0 spiro atoms. The summed E-state index contributed by atoms with van der Waals surface area (Å²) in [5.41, 5.74) is -1.70. The van der Waals surface area contributed by atoms with Gasteiger partial charge in [0.05, 0.1) is 10.7 Å². The molecule has 0 aliphatic carbocycles. The Bertz CT molecular complexity index is 1330. The fourth-order valence-electron chi connectivity index (χ4n) is 4.62. The number of aldehydes is 1. The minimum Gasteiger partial charge on any atom is -0.367 e. The first kappa shape index (κ1) is 27.5. The van der Waals surface area contributed by atoms with Crippen molar-refractivity contribution in [2.24, 2.45) is 5.92 Å². The molecule has 0 saturated carbocycles. The summed E-state index contributed by atoms with van der Waals surface area (Å²) < 4.78 is 27.6. The lowest BCUT2D eigenvalue weighted by molar-refractivity contribution is -0.0742. The van der Waals surface area contributed by atoms with E-state index >= 15 is 4.39 Å². The first-order valence-electron chi connectivity index (χ1n) is 11.6. The Hall–Kier alpha value is -2.49. The maximum atomic E-state index is 15.9. The van der Waals surface area contributed by atoms with Crippen molar-refractivity contribution in [3.63, 3.8) is 0 Å². The molecule has 4 rings (SSSR count). The number of Topliss-reactive ketones (excluding diaryl/α,β-unsaturated/α-hetero) is 1. The summed E-state index contributed by atoms with van der Waals surface area (Å²) in [6.07, 6.45) is 2.78. The maximum Gasteiger partial charge on any atom is 0.174 e. The average Bonchev–Trinajstić information content (AvgIpc) is 2.89. The van der Waals surface area contributed by atoms with Crippen LogP contribution >= 0.6 is 23.2 Å². The Labute approximate surface area is 226 Å². The average molecular weight is 563 g/mol. The highest BCUT2D eigenvalue weighted by molar-refractivity contribution is 7.85. The summed E-state index contributed by atoms with van der Waals surface area (Å²) in [5.74, 6) is -0.773. The lowest BCUT2D eigenvalue weighted by atomic mass is 9.85. The predicted molar refractivity (Wildman–Crippen MR) is 142 cm³/mol. The molecule has 6 nitrogen and oxygen atoms in total. The molecule has 3 aromatic rings. The summed E-state index contributed by atoms with van der Waals surface area (Å²) >= 11 is 12.0. The smallest absolute Gasteiger partial charge is 0.174 e. The third-order valence-corrected chi connectivity index (χ3v) is 8.48. The Balaban J connectivity index is 1.80. The van der Waals surface area contributed by atoms with E-state index in [2.05, 4.69) is 4.98 Å². The first-order valence-corrected chi connectivity index (χ1v) is 13.9. The van der Waals surface area contributed by atoms with E-state index in [9.17, 15) is 18.9 Å². The number of aromatic nitrogens is 1. The third-order valence-electron chi connectivity index (χ3n) is 6.63. The molecule has 1 aliphatic heterocycles. The van der Waals surface area contributed by atoms with Gasteiger partial charge in [-0.25, -0.2) is 4.39 Å². The molecule has 194 valence electrons. The zero-order valence-electron chi connectivity index (χ0n) is 20.0. The minimum atomic E-state index is -2.12. The van der Waals surface area contributed by atoms with E-state index in [0.29, 0.717) is 46.4 Å². The molecule has 2 aromatic carbocycles. The van der Waals surface area contributed by atoms with Crippen molar-refractivity contribution in [2.75, 3.05) is 18.6 Å². The molecule has 1 aliphatic rings. The summed E-state index contributed by atoms with van der Waals surface area (Å²) in [4.78, 5) is 31.0. The highest BCUT2D eigenvalue weighted by atomic mass is 35.5. The van der Waals surface area contributed by atoms with E-state index in [1.165, 1.54) is 17.2 Å². The third kappa shape index (κ3) is 5.84. The molecule has 1 saturated heterocycles. The molecular formula is C27H25Cl2FN2O4S. The van der Waals surface area contributed by atoms with Gasteiger partial charge >= 0.3 is 0 Å². The number of rotatable bonds is 8. The normalized spacial score (nSPS) is 19.4. The molecule has 1 atom stereocenters. The van der Waals surface area contributed by atoms with Crippen LogP contribution in [-0.2, 0) is 23.1 Å². The number of carbonyl (C=O) groups excluding carboxylic acids is 2. The van der Waals surface area contributed by atoms with Crippen LogP contribution in [0.3, 0.4) is 0 Å². The molecule has 10 heteroatoms. The molecule has 2 heterocycles. The van der Waals surface area contributed by atoms with E-state index in [-0.39, 0.29) is 34.6 Å². The van der Waals surface area contributed by atoms with Crippen molar-refractivity contribution >= 4 is 46.1 Å². The second-order valence-electron chi connectivity index (χ2n) is 9.03. The quantitative estimate of drug-likeness (QED) is 0.236. The second-order valence-corrected chi connectivity index (χ2v) is 11.6. The van der Waals surface area contributed by atoms with Crippen LogP contribution in [0.1, 0.15) is 50.4 Å². The predicted octanol–water partition coefficient (Wildman–Crippen LogP) is 5.01. The number of carbonyl (C=O) groups is 2. The Morgan fingerprint density at radius 3 is 2.41 bits per heavy atom. The van der Waals surface area contributed by atoms with Crippen molar-refractivity contribution in [1.29, 1.82) is 0 Å². The van der Waals surface area contributed by atoms with E-state index < -0.39 is 28.3 Å². The minimum absolute atomic E-state index is 0.0431. The van der Waals surface area contributed by atoms with Crippen LogP contribution in [0.15, 0.2) is 54.7 Å². The van der Waals surface area contributed by atoms with Crippen molar-refractivity contribution in [1.82, 2.24) is 9.88 Å². The molecule has 0 bridgehead atoms. The van der Waals surface area contributed by atoms with Crippen LogP contribution in [-0.4, -0.2) is 49.8 Å². The number of hydrogen-bond acceptors (Lipinski definition) is 6. The number of hydrogen-bond donors (Lipinski definition) is 1. The molecule has 1 fully saturated rings. The van der Waals surface area contributed by atoms with Gasteiger partial charge in [-0.1, -0.05) is 35.3 Å². The first-order chi connectivity index (χ1) is 17.6. The van der Waals surface area contributed by atoms with E-state index in [4.69, 9.17) is 23.2 Å². The molecule has 1 unspecified atom stereocenters. The molecule has 0 amide bonds. The van der Waals surface area contributed by atoms with Gasteiger partial charge in [-0.05, 0) is 56.3 Å². The van der Waals surface area contributed by atoms with Crippen LogP contribution in [0.4, 0.5) is 4.39 Å². The maximum absolute atomic E-state index is 15.9. The standard InChI is InChI=1S/C27H25Cl2FN2O4S/c1-32(15-23-7-6-22(29)14-31-23)27(35,20-2-4-21(28)5-3-20)25-19(16-33)12-18(13-24(25)30)26(34)17-8-10-37(36)11-9-17/h2-7,12-14,16-17,35H,8-11,15H2,1H3. The van der Waals surface area contributed by atoms with Gasteiger partial charge in [-0.15, -0.1) is 0 Å². The number of aliphatic hydroxyl groups is 1. The van der Waals surface area contributed by atoms with E-state index in [1.807, 2.05) is 0 Å². The van der Waals surface area contributed by atoms with Gasteiger partial charge in [0, 0.05) is 68.2 Å². The van der Waals surface area contributed by atoms with E-state index in [0.717, 1.165) is 6.07 Å². The van der Waals surface area contributed by atoms with Crippen LogP contribution < -0.4 is 0 Å². The van der Waals surface area contributed by atoms with Crippen LogP contribution in [0.2, 0.25) is 10.0 Å². The molecular weight excluding hydrogens is 538 g/mol. The molecule has 1 N–H and O–H groups in total. The molecule has 0 radical (unpaired) electrons. The van der Waals surface area contributed by atoms with Crippen LogP contribution in [0, 0.1) is 11.7 Å². The van der Waals surface area contributed by atoms with Gasteiger partial charge in [-0.2, -0.15) is 0 Å². The summed E-state index contributed by atoms with van der Waals surface area (Å²) in [5, 5.41) is 13.0. The van der Waals surface area contributed by atoms with Gasteiger partial charge < -0.3 is 5.11 Å². The van der Waals surface area contributed by atoms with Gasteiger partial charge in [0.1, 0.15) is 5.82 Å². The highest BCUT2D eigenvalue weighted by Crippen LogP contribution is 2.38. The van der Waals surface area contributed by atoms with Gasteiger partial charge in [0.25, 0.3) is 0 Å². The van der Waals surface area contributed by atoms with E-state index in [1.54, 1.807) is 43.4 Å². The fourth-order valence-corrected chi connectivity index (χ4v) is 6.15. The van der Waals surface area contributed by atoms with Crippen molar-refractivity contribution in [3.05, 3.63) is 98.5 Å².